The molecule has 0 fully saturated rings. The van der Waals surface area contributed by atoms with E-state index < -0.39 is 0 Å². The fraction of sp³-hybridized carbons (Fsp3) is 0.125. The van der Waals surface area contributed by atoms with Crippen LogP contribution in [0.2, 0.25) is 0 Å². The smallest absolute Gasteiger partial charge is 0.148 e. The van der Waals surface area contributed by atoms with E-state index >= 15 is 0 Å². The molecule has 2 aromatic carbocycles. The van der Waals surface area contributed by atoms with Crippen LogP contribution < -0.4 is 9.47 Å². The molecule has 0 aliphatic heterocycles. The minimum Gasteiger partial charge on any atom is -0.497 e. The molecule has 0 radical (unpaired) electrons. The lowest BCUT2D eigenvalue weighted by atomic mass is 10.2. The summed E-state index contributed by atoms with van der Waals surface area (Å²) in [5, 5.41) is 10.3. The molecule has 0 saturated carbocycles. The van der Waals surface area contributed by atoms with E-state index in [1.54, 1.807) is 25.6 Å². The van der Waals surface area contributed by atoms with Gasteiger partial charge in [-0.15, -0.1) is 10.2 Å². The third-order valence-corrected chi connectivity index (χ3v) is 4.08. The Labute approximate surface area is 127 Å². The zero-order valence-electron chi connectivity index (χ0n) is 11.7. The zero-order valence-corrected chi connectivity index (χ0v) is 12.6. The van der Waals surface area contributed by atoms with Gasteiger partial charge in [-0.1, -0.05) is 35.6 Å². The van der Waals surface area contributed by atoms with Gasteiger partial charge in [0.05, 0.1) is 14.2 Å². The van der Waals surface area contributed by atoms with Gasteiger partial charge in [-0.3, -0.25) is 0 Å². The highest BCUT2D eigenvalue weighted by Crippen LogP contribution is 2.32. The first-order valence-electron chi connectivity index (χ1n) is 6.42. The van der Waals surface area contributed by atoms with Gasteiger partial charge >= 0.3 is 0 Å². The van der Waals surface area contributed by atoms with Gasteiger partial charge in [-0.05, 0) is 24.3 Å². The fourth-order valence-electron chi connectivity index (χ4n) is 1.97. The maximum absolute atomic E-state index is 5.24. The molecule has 1 heterocycles. The first-order valence-corrected chi connectivity index (χ1v) is 7.24. The van der Waals surface area contributed by atoms with Crippen LogP contribution in [0.4, 0.5) is 0 Å². The van der Waals surface area contributed by atoms with Crippen LogP contribution in [0, 0.1) is 0 Å². The topological polar surface area (TPSA) is 44.2 Å². The van der Waals surface area contributed by atoms with Crippen molar-refractivity contribution in [2.75, 3.05) is 14.2 Å². The van der Waals surface area contributed by atoms with Crippen LogP contribution in [0.5, 0.6) is 11.5 Å². The van der Waals surface area contributed by atoms with Gasteiger partial charge in [0.25, 0.3) is 0 Å². The molecule has 0 N–H and O–H groups in total. The summed E-state index contributed by atoms with van der Waals surface area (Å²) in [6, 6.07) is 15.6. The lowest BCUT2D eigenvalue weighted by Gasteiger charge is -2.01. The van der Waals surface area contributed by atoms with E-state index in [1.807, 2.05) is 48.5 Å². The van der Waals surface area contributed by atoms with Crippen molar-refractivity contribution < 1.29 is 9.47 Å². The van der Waals surface area contributed by atoms with Crippen molar-refractivity contribution in [2.45, 2.75) is 0 Å². The third kappa shape index (κ3) is 2.87. The van der Waals surface area contributed by atoms with Crippen LogP contribution in [-0.2, 0) is 0 Å². The predicted molar refractivity (Wildman–Crippen MR) is 83.9 cm³/mol. The highest BCUT2D eigenvalue weighted by atomic mass is 32.1. The summed E-state index contributed by atoms with van der Waals surface area (Å²) < 4.78 is 10.5. The third-order valence-electron chi connectivity index (χ3n) is 3.06. The number of hydrogen-bond donors (Lipinski definition) is 0. The molecule has 0 atom stereocenters. The predicted octanol–water partition coefficient (Wildman–Crippen LogP) is 3.89. The molecule has 0 aliphatic carbocycles. The highest BCUT2D eigenvalue weighted by Gasteiger charge is 2.09. The second-order valence-corrected chi connectivity index (χ2v) is 5.35. The number of rotatable bonds is 4. The van der Waals surface area contributed by atoms with Crippen molar-refractivity contribution in [3.05, 3.63) is 48.5 Å². The Bertz CT molecular complexity index is 693. The summed E-state index contributed by atoms with van der Waals surface area (Å²) in [5.74, 6) is 1.62. The second kappa shape index (κ2) is 5.93. The standard InChI is InChI=1S/C16H14N2O2S/c1-19-13-7-3-5-11(9-13)15-17-18-16(21-15)12-6-4-8-14(10-12)20-2/h3-10H,1-2H3. The Morgan fingerprint density at radius 1 is 0.762 bits per heavy atom. The van der Waals surface area contributed by atoms with Crippen molar-refractivity contribution >= 4 is 11.3 Å². The molecular formula is C16H14N2O2S. The van der Waals surface area contributed by atoms with E-state index in [4.69, 9.17) is 9.47 Å². The van der Waals surface area contributed by atoms with Crippen LogP contribution in [-0.4, -0.2) is 24.4 Å². The van der Waals surface area contributed by atoms with Crippen molar-refractivity contribution in [2.24, 2.45) is 0 Å². The van der Waals surface area contributed by atoms with Crippen LogP contribution in [0.3, 0.4) is 0 Å². The van der Waals surface area contributed by atoms with E-state index in [1.165, 1.54) is 0 Å². The van der Waals surface area contributed by atoms with E-state index in [0.29, 0.717) is 0 Å². The quantitative estimate of drug-likeness (QED) is 0.733. The largest absolute Gasteiger partial charge is 0.497 e. The van der Waals surface area contributed by atoms with Gasteiger partial charge in [0.1, 0.15) is 21.5 Å². The van der Waals surface area contributed by atoms with Crippen molar-refractivity contribution in [3.63, 3.8) is 0 Å². The number of aromatic nitrogens is 2. The van der Waals surface area contributed by atoms with E-state index in [2.05, 4.69) is 10.2 Å². The monoisotopic (exact) mass is 298 g/mol. The van der Waals surface area contributed by atoms with Gasteiger partial charge in [0, 0.05) is 11.1 Å². The Hall–Kier alpha value is -2.40. The zero-order chi connectivity index (χ0) is 14.7. The number of ether oxygens (including phenoxy) is 2. The highest BCUT2D eigenvalue weighted by molar-refractivity contribution is 7.17. The van der Waals surface area contributed by atoms with Gasteiger partial charge in [0.2, 0.25) is 0 Å². The molecule has 0 saturated heterocycles. The molecule has 0 bridgehead atoms. The van der Waals surface area contributed by atoms with E-state index in [0.717, 1.165) is 32.6 Å². The Balaban J connectivity index is 1.95. The summed E-state index contributed by atoms with van der Waals surface area (Å²) in [6.45, 7) is 0. The molecule has 1 aromatic heterocycles. The minimum atomic E-state index is 0.811. The number of hydrogen-bond acceptors (Lipinski definition) is 5. The average Bonchev–Trinajstić information content (AvgIpc) is 3.05. The number of methoxy groups -OCH3 is 2. The van der Waals surface area contributed by atoms with E-state index in [-0.39, 0.29) is 0 Å². The molecular weight excluding hydrogens is 284 g/mol. The molecule has 3 aromatic rings. The van der Waals surface area contributed by atoms with Crippen molar-refractivity contribution in [3.8, 4) is 32.6 Å². The van der Waals surface area contributed by atoms with Crippen molar-refractivity contribution in [1.82, 2.24) is 10.2 Å². The second-order valence-electron chi connectivity index (χ2n) is 4.38. The maximum Gasteiger partial charge on any atom is 0.148 e. The van der Waals surface area contributed by atoms with Crippen LogP contribution in [0.15, 0.2) is 48.5 Å². The number of nitrogens with zero attached hydrogens (tertiary/aromatic N) is 2. The Morgan fingerprint density at radius 2 is 1.24 bits per heavy atom. The Kier molecular flexibility index (Phi) is 3.83. The normalized spacial score (nSPS) is 10.4. The van der Waals surface area contributed by atoms with Gasteiger partial charge in [-0.2, -0.15) is 0 Å². The van der Waals surface area contributed by atoms with E-state index in [9.17, 15) is 0 Å². The number of benzene rings is 2. The van der Waals surface area contributed by atoms with Gasteiger partial charge in [-0.25, -0.2) is 0 Å². The Morgan fingerprint density at radius 3 is 1.67 bits per heavy atom. The minimum absolute atomic E-state index is 0.811. The maximum atomic E-state index is 5.24. The molecule has 0 spiro atoms. The molecule has 21 heavy (non-hydrogen) atoms. The van der Waals surface area contributed by atoms with Gasteiger partial charge in [0.15, 0.2) is 0 Å². The summed E-state index contributed by atoms with van der Waals surface area (Å²) in [4.78, 5) is 0. The molecule has 106 valence electrons. The lowest BCUT2D eigenvalue weighted by molar-refractivity contribution is 0.415. The fourth-order valence-corrected chi connectivity index (χ4v) is 2.80. The summed E-state index contributed by atoms with van der Waals surface area (Å²) >= 11 is 1.54. The molecule has 0 amide bonds. The van der Waals surface area contributed by atoms with Crippen LogP contribution in [0.1, 0.15) is 0 Å². The lowest BCUT2D eigenvalue weighted by Crippen LogP contribution is -1.83. The van der Waals surface area contributed by atoms with Crippen LogP contribution in [0.25, 0.3) is 21.1 Å². The summed E-state index contributed by atoms with van der Waals surface area (Å²) in [5.41, 5.74) is 2.00. The SMILES string of the molecule is COc1cccc(-c2nnc(-c3cccc(OC)c3)s2)c1. The summed E-state index contributed by atoms with van der Waals surface area (Å²) in [7, 11) is 3.31. The molecule has 0 aliphatic rings. The average molecular weight is 298 g/mol. The molecule has 3 rings (SSSR count). The summed E-state index contributed by atoms with van der Waals surface area (Å²) in [6.07, 6.45) is 0. The first kappa shape index (κ1) is 13.6. The molecule has 5 heteroatoms. The van der Waals surface area contributed by atoms with Gasteiger partial charge < -0.3 is 9.47 Å². The molecule has 4 nitrogen and oxygen atoms in total. The first-order chi connectivity index (χ1) is 10.3. The van der Waals surface area contributed by atoms with Crippen LogP contribution >= 0.6 is 11.3 Å². The van der Waals surface area contributed by atoms with Crippen molar-refractivity contribution in [1.29, 1.82) is 0 Å². The molecule has 0 unspecified atom stereocenters.